The van der Waals surface area contributed by atoms with Crippen LogP contribution in [0.2, 0.25) is 0 Å². The fourth-order valence-electron chi connectivity index (χ4n) is 3.08. The molecule has 0 amide bonds. The number of fused-ring (bicyclic) bond motifs is 1. The third-order valence-electron chi connectivity index (χ3n) is 4.14. The zero-order valence-electron chi connectivity index (χ0n) is 9.62. The van der Waals surface area contributed by atoms with Crippen LogP contribution in [0.5, 0.6) is 0 Å². The number of allylic oxidation sites excluding steroid dienone is 1. The number of carbonyl (C=O) groups excluding carboxylic acids is 1. The minimum atomic E-state index is -0.315. The van der Waals surface area contributed by atoms with Crippen LogP contribution < -0.4 is 0 Å². The van der Waals surface area contributed by atoms with E-state index in [0.29, 0.717) is 11.8 Å². The van der Waals surface area contributed by atoms with Gasteiger partial charge in [-0.05, 0) is 30.8 Å². The first kappa shape index (κ1) is 10.5. The van der Waals surface area contributed by atoms with E-state index in [-0.39, 0.29) is 17.5 Å². The lowest BCUT2D eigenvalue weighted by atomic mass is 9.48. The molecule has 0 aromatic carbocycles. The molecule has 2 unspecified atom stereocenters. The molecular weight excluding hydrogens is 188 g/mol. The molecule has 2 nitrogen and oxygen atoms in total. The largest absolute Gasteiger partial charge is 0.455 e. The van der Waals surface area contributed by atoms with Crippen molar-refractivity contribution in [1.82, 2.24) is 0 Å². The van der Waals surface area contributed by atoms with Gasteiger partial charge in [-0.1, -0.05) is 26.0 Å². The molecule has 15 heavy (non-hydrogen) atoms. The summed E-state index contributed by atoms with van der Waals surface area (Å²) in [4.78, 5) is 11.2. The molecule has 2 heteroatoms. The number of hydrogen-bond donors (Lipinski definition) is 0. The van der Waals surface area contributed by atoms with E-state index in [2.05, 4.69) is 33.4 Å². The predicted molar refractivity (Wildman–Crippen MR) is 59.2 cm³/mol. The van der Waals surface area contributed by atoms with Crippen LogP contribution in [-0.2, 0) is 9.53 Å². The number of carbonyl (C=O) groups is 1. The highest BCUT2D eigenvalue weighted by atomic mass is 16.5. The molecule has 3 aliphatic rings. The molecule has 0 spiro atoms. The Morgan fingerprint density at radius 3 is 2.80 bits per heavy atom. The summed E-state index contributed by atoms with van der Waals surface area (Å²) >= 11 is 0. The van der Waals surface area contributed by atoms with Crippen molar-refractivity contribution in [2.24, 2.45) is 17.3 Å². The maximum Gasteiger partial charge on any atom is 0.330 e. The van der Waals surface area contributed by atoms with E-state index in [0.717, 1.165) is 6.42 Å². The monoisotopic (exact) mass is 206 g/mol. The lowest BCUT2D eigenvalue weighted by molar-refractivity contribution is -0.155. The third kappa shape index (κ3) is 1.43. The summed E-state index contributed by atoms with van der Waals surface area (Å²) in [5.74, 6) is 0.849. The lowest BCUT2D eigenvalue weighted by Crippen LogP contribution is -2.54. The first-order chi connectivity index (χ1) is 6.96. The second-order valence-electron chi connectivity index (χ2n) is 5.23. The van der Waals surface area contributed by atoms with E-state index in [9.17, 15) is 4.79 Å². The van der Waals surface area contributed by atoms with Gasteiger partial charge in [-0.25, -0.2) is 4.79 Å². The molecule has 82 valence electrons. The Kier molecular flexibility index (Phi) is 2.25. The van der Waals surface area contributed by atoms with Crippen LogP contribution in [-0.4, -0.2) is 12.1 Å². The van der Waals surface area contributed by atoms with E-state index >= 15 is 0 Å². The summed E-state index contributed by atoms with van der Waals surface area (Å²) < 4.78 is 5.36. The van der Waals surface area contributed by atoms with Crippen molar-refractivity contribution in [2.75, 3.05) is 0 Å². The quantitative estimate of drug-likeness (QED) is 0.394. The third-order valence-corrected chi connectivity index (χ3v) is 4.14. The van der Waals surface area contributed by atoms with Gasteiger partial charge in [0.05, 0.1) is 0 Å². The van der Waals surface area contributed by atoms with E-state index in [1.165, 1.54) is 11.6 Å². The first-order valence-electron chi connectivity index (χ1n) is 5.48. The highest BCUT2D eigenvalue weighted by molar-refractivity contribution is 5.81. The Morgan fingerprint density at radius 2 is 2.33 bits per heavy atom. The highest BCUT2D eigenvalue weighted by Crippen LogP contribution is 2.59. The van der Waals surface area contributed by atoms with Crippen molar-refractivity contribution < 1.29 is 9.53 Å². The summed E-state index contributed by atoms with van der Waals surface area (Å²) in [6.07, 6.45) is 4.45. The zero-order chi connectivity index (χ0) is 11.2. The maximum atomic E-state index is 11.2. The van der Waals surface area contributed by atoms with Crippen LogP contribution in [0.3, 0.4) is 0 Å². The predicted octanol–water partition coefficient (Wildman–Crippen LogP) is 2.71. The van der Waals surface area contributed by atoms with Crippen LogP contribution in [0, 0.1) is 17.3 Å². The standard InChI is InChI=1S/C13H18O2/c1-5-12(14)15-11-6-8(2)9-7-10(11)13(9,3)4/h5-6,9-11H,1,7H2,2-4H3/t9?,10?,11-/m0/s1. The molecule has 0 aliphatic heterocycles. The molecular formula is C13H18O2. The Bertz CT molecular complexity index is 338. The average Bonchev–Trinajstić information content (AvgIpc) is 2.15. The number of ether oxygens (including phenoxy) is 1. The summed E-state index contributed by atoms with van der Waals surface area (Å²) in [5, 5.41) is 0. The second-order valence-corrected chi connectivity index (χ2v) is 5.23. The zero-order valence-corrected chi connectivity index (χ0v) is 9.62. The Balaban J connectivity index is 2.17. The Hall–Kier alpha value is -1.05. The molecule has 0 heterocycles. The highest BCUT2D eigenvalue weighted by Gasteiger charge is 2.55. The van der Waals surface area contributed by atoms with E-state index in [1.807, 2.05) is 0 Å². The molecule has 3 aliphatic carbocycles. The van der Waals surface area contributed by atoms with Crippen LogP contribution in [0.25, 0.3) is 0 Å². The lowest BCUT2D eigenvalue weighted by Gasteiger charge is -2.58. The van der Waals surface area contributed by atoms with Crippen LogP contribution >= 0.6 is 0 Å². The van der Waals surface area contributed by atoms with Gasteiger partial charge in [0.2, 0.25) is 0 Å². The fourth-order valence-corrected chi connectivity index (χ4v) is 3.08. The van der Waals surface area contributed by atoms with Gasteiger partial charge < -0.3 is 4.74 Å². The molecule has 1 saturated carbocycles. The number of esters is 1. The topological polar surface area (TPSA) is 26.3 Å². The first-order valence-corrected chi connectivity index (χ1v) is 5.48. The van der Waals surface area contributed by atoms with Gasteiger partial charge in [-0.15, -0.1) is 0 Å². The molecule has 1 fully saturated rings. The van der Waals surface area contributed by atoms with Crippen LogP contribution in [0.1, 0.15) is 27.2 Å². The number of rotatable bonds is 2. The summed E-state index contributed by atoms with van der Waals surface area (Å²) in [7, 11) is 0. The normalized spacial score (nSPS) is 36.2. The van der Waals surface area contributed by atoms with Gasteiger partial charge >= 0.3 is 5.97 Å². The van der Waals surface area contributed by atoms with Gasteiger partial charge in [0.25, 0.3) is 0 Å². The smallest absolute Gasteiger partial charge is 0.330 e. The summed E-state index contributed by atoms with van der Waals surface area (Å²) in [6.45, 7) is 10.1. The minimum absolute atomic E-state index is 0.0458. The molecule has 3 rings (SSSR count). The molecule has 0 saturated heterocycles. The maximum absolute atomic E-state index is 11.2. The van der Waals surface area contributed by atoms with Crippen molar-refractivity contribution in [2.45, 2.75) is 33.3 Å². The second kappa shape index (κ2) is 3.22. The van der Waals surface area contributed by atoms with E-state index in [1.54, 1.807) is 0 Å². The summed E-state index contributed by atoms with van der Waals surface area (Å²) in [6, 6.07) is 0. The van der Waals surface area contributed by atoms with Crippen molar-refractivity contribution in [3.8, 4) is 0 Å². The summed E-state index contributed by atoms with van der Waals surface area (Å²) in [5.41, 5.74) is 1.65. The van der Waals surface area contributed by atoms with Gasteiger partial charge in [0, 0.05) is 12.0 Å². The molecule has 0 N–H and O–H groups in total. The van der Waals surface area contributed by atoms with Gasteiger partial charge in [-0.2, -0.15) is 0 Å². The molecule has 0 radical (unpaired) electrons. The minimum Gasteiger partial charge on any atom is -0.455 e. The van der Waals surface area contributed by atoms with Crippen molar-refractivity contribution in [1.29, 1.82) is 0 Å². The fraction of sp³-hybridized carbons (Fsp3) is 0.615. The van der Waals surface area contributed by atoms with E-state index in [4.69, 9.17) is 4.74 Å². The average molecular weight is 206 g/mol. The van der Waals surface area contributed by atoms with Gasteiger partial charge in [0.15, 0.2) is 0 Å². The number of hydrogen-bond acceptors (Lipinski definition) is 2. The van der Waals surface area contributed by atoms with Gasteiger partial charge in [-0.3, -0.25) is 0 Å². The Morgan fingerprint density at radius 1 is 1.67 bits per heavy atom. The molecule has 0 aromatic heterocycles. The molecule has 0 aromatic rings. The van der Waals surface area contributed by atoms with Crippen molar-refractivity contribution in [3.05, 3.63) is 24.3 Å². The van der Waals surface area contributed by atoms with Gasteiger partial charge in [0.1, 0.15) is 6.10 Å². The molecule has 3 atom stereocenters. The SMILES string of the molecule is C=CC(=O)O[C@H]1C=C(C)C2CC1C2(C)C. The van der Waals surface area contributed by atoms with Crippen molar-refractivity contribution in [3.63, 3.8) is 0 Å². The van der Waals surface area contributed by atoms with Crippen LogP contribution in [0.15, 0.2) is 24.3 Å². The van der Waals surface area contributed by atoms with Crippen molar-refractivity contribution >= 4 is 5.97 Å². The molecule has 2 bridgehead atoms. The Labute approximate surface area is 91.0 Å². The van der Waals surface area contributed by atoms with E-state index < -0.39 is 0 Å². The van der Waals surface area contributed by atoms with Crippen LogP contribution in [0.4, 0.5) is 0 Å².